The monoisotopic (exact) mass is 339 g/mol. The van der Waals surface area contributed by atoms with Gasteiger partial charge in [0.15, 0.2) is 0 Å². The van der Waals surface area contributed by atoms with Gasteiger partial charge in [-0.05, 0) is 42.8 Å². The average Bonchev–Trinajstić information content (AvgIpc) is 2.32. The number of fused-ring (bicyclic) bond motifs is 1. The first kappa shape index (κ1) is 14.6. The molecule has 1 amide bonds. The topological polar surface area (TPSA) is 68.5 Å². The zero-order valence-corrected chi connectivity index (χ0v) is 12.9. The Hall–Kier alpha value is -1.82. The molecule has 106 valence electrons. The van der Waals surface area contributed by atoms with Crippen LogP contribution in [0.5, 0.6) is 0 Å². The van der Waals surface area contributed by atoms with Crippen molar-refractivity contribution < 1.29 is 13.9 Å². The summed E-state index contributed by atoms with van der Waals surface area (Å²) in [4.78, 5) is 23.6. The average molecular weight is 340 g/mol. The van der Waals surface area contributed by atoms with Crippen LogP contribution in [0.3, 0.4) is 0 Å². The summed E-state index contributed by atoms with van der Waals surface area (Å²) >= 11 is 3.31. The van der Waals surface area contributed by atoms with E-state index >= 15 is 0 Å². The van der Waals surface area contributed by atoms with Crippen LogP contribution >= 0.6 is 15.9 Å². The zero-order valence-electron chi connectivity index (χ0n) is 11.3. The molecule has 0 aliphatic heterocycles. The van der Waals surface area contributed by atoms with Crippen molar-refractivity contribution in [1.29, 1.82) is 0 Å². The summed E-state index contributed by atoms with van der Waals surface area (Å²) in [5, 5.41) is 3.11. The van der Waals surface area contributed by atoms with E-state index in [0.29, 0.717) is 15.4 Å². The van der Waals surface area contributed by atoms with E-state index < -0.39 is 17.3 Å². The van der Waals surface area contributed by atoms with Gasteiger partial charge in [-0.3, -0.25) is 5.32 Å². The van der Waals surface area contributed by atoms with Gasteiger partial charge in [-0.1, -0.05) is 18.2 Å². The second-order valence-corrected chi connectivity index (χ2v) is 5.99. The Bertz CT molecular complexity index is 715. The number of carbonyl (C=O) groups excluding carboxylic acids is 1. The molecule has 20 heavy (non-hydrogen) atoms. The first-order valence-electron chi connectivity index (χ1n) is 5.99. The standard InChI is InChI=1S/C14H14BrNO4/c1-14(2,3)20-13(18)16-11-10(15)8-6-4-5-7-9(8)19-12(11)17/h4-7H,1-3H3,(H,16,18). The lowest BCUT2D eigenvalue weighted by atomic mass is 10.2. The quantitative estimate of drug-likeness (QED) is 0.800. The highest BCUT2D eigenvalue weighted by atomic mass is 79.9. The summed E-state index contributed by atoms with van der Waals surface area (Å²) in [5.41, 5.74) is -0.813. The first-order valence-corrected chi connectivity index (χ1v) is 6.78. The summed E-state index contributed by atoms with van der Waals surface area (Å²) in [7, 11) is 0. The van der Waals surface area contributed by atoms with Crippen LogP contribution in [0.1, 0.15) is 20.8 Å². The molecule has 2 aromatic rings. The first-order chi connectivity index (χ1) is 9.28. The van der Waals surface area contributed by atoms with Crippen molar-refractivity contribution in [3.8, 4) is 0 Å². The number of anilines is 1. The third-order valence-electron chi connectivity index (χ3n) is 2.38. The molecule has 1 aromatic carbocycles. The lowest BCUT2D eigenvalue weighted by molar-refractivity contribution is 0.0635. The Morgan fingerprint density at radius 3 is 2.60 bits per heavy atom. The van der Waals surface area contributed by atoms with Crippen LogP contribution in [0.4, 0.5) is 10.5 Å². The fraction of sp³-hybridized carbons (Fsp3) is 0.286. The second-order valence-electron chi connectivity index (χ2n) is 5.20. The third kappa shape index (κ3) is 3.19. The van der Waals surface area contributed by atoms with Crippen LogP contribution in [-0.2, 0) is 4.74 Å². The van der Waals surface area contributed by atoms with E-state index in [1.54, 1.807) is 39.0 Å². The molecule has 0 spiro atoms. The van der Waals surface area contributed by atoms with Gasteiger partial charge in [0.2, 0.25) is 0 Å². The highest BCUT2D eigenvalue weighted by molar-refractivity contribution is 9.10. The highest BCUT2D eigenvalue weighted by Gasteiger charge is 2.20. The van der Waals surface area contributed by atoms with Crippen LogP contribution in [-0.4, -0.2) is 11.7 Å². The Balaban J connectivity index is 2.40. The minimum Gasteiger partial charge on any atom is -0.444 e. The molecule has 0 atom stereocenters. The minimum absolute atomic E-state index is 0.0259. The minimum atomic E-state index is -0.708. The molecule has 0 radical (unpaired) electrons. The molecule has 6 heteroatoms. The number of ether oxygens (including phenoxy) is 1. The molecule has 1 aromatic heterocycles. The molecule has 0 aliphatic rings. The molecule has 0 saturated heterocycles. The van der Waals surface area contributed by atoms with E-state index in [1.807, 2.05) is 6.07 Å². The van der Waals surface area contributed by atoms with Gasteiger partial charge < -0.3 is 9.15 Å². The highest BCUT2D eigenvalue weighted by Crippen LogP contribution is 2.28. The predicted molar refractivity (Wildman–Crippen MR) is 80.0 cm³/mol. The van der Waals surface area contributed by atoms with Crippen LogP contribution in [0.25, 0.3) is 11.0 Å². The molecule has 2 rings (SSSR count). The van der Waals surface area contributed by atoms with Gasteiger partial charge in [-0.2, -0.15) is 0 Å². The molecular weight excluding hydrogens is 326 g/mol. The normalized spacial score (nSPS) is 11.4. The predicted octanol–water partition coefficient (Wildman–Crippen LogP) is 3.90. The van der Waals surface area contributed by atoms with E-state index in [1.165, 1.54) is 0 Å². The molecular formula is C14H14BrNO4. The van der Waals surface area contributed by atoms with Crippen LogP contribution in [0.2, 0.25) is 0 Å². The second kappa shape index (κ2) is 5.28. The van der Waals surface area contributed by atoms with Crippen LogP contribution in [0, 0.1) is 0 Å². The largest absolute Gasteiger partial charge is 0.444 e. The Morgan fingerprint density at radius 2 is 1.95 bits per heavy atom. The van der Waals surface area contributed by atoms with Gasteiger partial charge in [0.05, 0.1) is 4.47 Å². The van der Waals surface area contributed by atoms with E-state index in [9.17, 15) is 9.59 Å². The van der Waals surface area contributed by atoms with Crippen molar-refractivity contribution >= 4 is 38.7 Å². The smallest absolute Gasteiger partial charge is 0.412 e. The van der Waals surface area contributed by atoms with E-state index in [0.717, 1.165) is 0 Å². The summed E-state index contributed by atoms with van der Waals surface area (Å²) in [6.07, 6.45) is -0.708. The maximum absolute atomic E-state index is 11.9. The molecule has 0 aliphatic carbocycles. The number of nitrogens with one attached hydrogen (secondary N) is 1. The fourth-order valence-corrected chi connectivity index (χ4v) is 2.21. The summed E-state index contributed by atoms with van der Waals surface area (Å²) in [6, 6.07) is 7.03. The van der Waals surface area contributed by atoms with Crippen molar-refractivity contribution in [2.45, 2.75) is 26.4 Å². The van der Waals surface area contributed by atoms with Gasteiger partial charge in [-0.15, -0.1) is 0 Å². The molecule has 0 bridgehead atoms. The van der Waals surface area contributed by atoms with Crippen molar-refractivity contribution in [3.05, 3.63) is 39.2 Å². The number of carbonyl (C=O) groups is 1. The van der Waals surface area contributed by atoms with E-state index in [-0.39, 0.29) is 5.69 Å². The van der Waals surface area contributed by atoms with Crippen molar-refractivity contribution in [1.82, 2.24) is 0 Å². The number of halogens is 1. The van der Waals surface area contributed by atoms with E-state index in [2.05, 4.69) is 21.2 Å². The Labute approximate surface area is 124 Å². The van der Waals surface area contributed by atoms with Crippen LogP contribution < -0.4 is 10.9 Å². The van der Waals surface area contributed by atoms with Crippen molar-refractivity contribution in [2.75, 3.05) is 5.32 Å². The number of hydrogen-bond acceptors (Lipinski definition) is 4. The van der Waals surface area contributed by atoms with Crippen LogP contribution in [0.15, 0.2) is 37.9 Å². The third-order valence-corrected chi connectivity index (χ3v) is 3.20. The van der Waals surface area contributed by atoms with Crippen molar-refractivity contribution in [2.24, 2.45) is 0 Å². The Kier molecular flexibility index (Phi) is 3.85. The summed E-state index contributed by atoms with van der Waals surface area (Å²) in [5.74, 6) is 0. The zero-order chi connectivity index (χ0) is 14.9. The number of benzene rings is 1. The van der Waals surface area contributed by atoms with E-state index in [4.69, 9.17) is 9.15 Å². The lowest BCUT2D eigenvalue weighted by Crippen LogP contribution is -2.29. The molecule has 1 heterocycles. The maximum Gasteiger partial charge on any atom is 0.412 e. The van der Waals surface area contributed by atoms with Gasteiger partial charge in [0.1, 0.15) is 16.9 Å². The van der Waals surface area contributed by atoms with Gasteiger partial charge >= 0.3 is 11.7 Å². The number of amides is 1. The summed E-state index contributed by atoms with van der Waals surface area (Å²) < 4.78 is 10.7. The molecule has 0 fully saturated rings. The van der Waals surface area contributed by atoms with Crippen molar-refractivity contribution in [3.63, 3.8) is 0 Å². The van der Waals surface area contributed by atoms with Gasteiger partial charge in [0.25, 0.3) is 0 Å². The van der Waals surface area contributed by atoms with Gasteiger partial charge in [0, 0.05) is 5.39 Å². The maximum atomic E-state index is 11.9. The summed E-state index contributed by atoms with van der Waals surface area (Å²) in [6.45, 7) is 5.22. The lowest BCUT2D eigenvalue weighted by Gasteiger charge is -2.19. The Morgan fingerprint density at radius 1 is 1.30 bits per heavy atom. The number of hydrogen-bond donors (Lipinski definition) is 1. The molecule has 5 nitrogen and oxygen atoms in total. The molecule has 1 N–H and O–H groups in total. The SMILES string of the molecule is CC(C)(C)OC(=O)Nc1c(Br)c2ccccc2oc1=O. The number of para-hydroxylation sites is 1. The number of rotatable bonds is 1. The molecule has 0 saturated carbocycles. The molecule has 0 unspecified atom stereocenters. The fourth-order valence-electron chi connectivity index (χ4n) is 1.62. The van der Waals surface area contributed by atoms with Gasteiger partial charge in [-0.25, -0.2) is 9.59 Å².